The Balaban J connectivity index is 2.16. The van der Waals surface area contributed by atoms with Gasteiger partial charge in [-0.05, 0) is 55.0 Å². The van der Waals surface area contributed by atoms with Crippen LogP contribution in [0.5, 0.6) is 0 Å². The summed E-state index contributed by atoms with van der Waals surface area (Å²) in [5, 5.41) is 0.800. The number of hydrazine groups is 1. The zero-order valence-electron chi connectivity index (χ0n) is 12.0. The van der Waals surface area contributed by atoms with Crippen molar-refractivity contribution in [2.75, 3.05) is 0 Å². The lowest BCUT2D eigenvalue weighted by atomic mass is 9.93. The van der Waals surface area contributed by atoms with E-state index in [9.17, 15) is 0 Å². The monoisotopic (exact) mass is 288 g/mol. The van der Waals surface area contributed by atoms with Gasteiger partial charge in [-0.2, -0.15) is 0 Å². The predicted molar refractivity (Wildman–Crippen MR) is 85.9 cm³/mol. The Bertz CT molecular complexity index is 561. The summed E-state index contributed by atoms with van der Waals surface area (Å²) in [6.45, 7) is 4.29. The van der Waals surface area contributed by atoms with E-state index in [1.807, 2.05) is 18.2 Å². The van der Waals surface area contributed by atoms with E-state index in [1.165, 1.54) is 16.7 Å². The molecule has 0 fully saturated rings. The molecule has 0 saturated carbocycles. The number of nitrogens with two attached hydrogens (primary N) is 1. The summed E-state index contributed by atoms with van der Waals surface area (Å²) >= 11 is 6.22. The smallest absolute Gasteiger partial charge is 0.0438 e. The van der Waals surface area contributed by atoms with Crippen LogP contribution in [0.2, 0.25) is 5.02 Å². The highest BCUT2D eigenvalue weighted by Gasteiger charge is 2.13. The predicted octanol–water partition coefficient (Wildman–Crippen LogP) is 3.57. The second-order valence-electron chi connectivity index (χ2n) is 5.23. The average Bonchev–Trinajstić information content (AvgIpc) is 2.44. The molecule has 20 heavy (non-hydrogen) atoms. The molecule has 3 heteroatoms. The van der Waals surface area contributed by atoms with Crippen molar-refractivity contribution in [2.24, 2.45) is 5.84 Å². The topological polar surface area (TPSA) is 38.0 Å². The normalized spacial score (nSPS) is 12.4. The molecule has 0 saturated heterocycles. The molecule has 2 nitrogen and oxygen atoms in total. The van der Waals surface area contributed by atoms with Crippen LogP contribution in [0.25, 0.3) is 0 Å². The van der Waals surface area contributed by atoms with Crippen molar-refractivity contribution in [3.63, 3.8) is 0 Å². The first-order valence-corrected chi connectivity index (χ1v) is 7.24. The van der Waals surface area contributed by atoms with Crippen molar-refractivity contribution in [2.45, 2.75) is 32.7 Å². The summed E-state index contributed by atoms with van der Waals surface area (Å²) in [5.41, 5.74) is 8.03. The van der Waals surface area contributed by atoms with Crippen LogP contribution >= 0.6 is 11.6 Å². The zero-order chi connectivity index (χ0) is 14.5. The van der Waals surface area contributed by atoms with E-state index >= 15 is 0 Å². The molecule has 2 aromatic rings. The number of rotatable bonds is 5. The maximum Gasteiger partial charge on any atom is 0.0438 e. The van der Waals surface area contributed by atoms with Crippen molar-refractivity contribution in [1.29, 1.82) is 0 Å². The molecular formula is C17H21ClN2. The fourth-order valence-corrected chi connectivity index (χ4v) is 2.75. The molecule has 0 amide bonds. The van der Waals surface area contributed by atoms with Gasteiger partial charge >= 0.3 is 0 Å². The van der Waals surface area contributed by atoms with E-state index < -0.39 is 0 Å². The molecule has 2 rings (SSSR count). The second-order valence-corrected chi connectivity index (χ2v) is 5.64. The molecule has 0 aliphatic rings. The van der Waals surface area contributed by atoms with Crippen LogP contribution in [0.1, 0.15) is 22.3 Å². The second kappa shape index (κ2) is 6.89. The third-order valence-corrected chi connectivity index (χ3v) is 4.12. The third kappa shape index (κ3) is 3.60. The zero-order valence-corrected chi connectivity index (χ0v) is 12.7. The number of halogens is 1. The van der Waals surface area contributed by atoms with Crippen molar-refractivity contribution in [3.8, 4) is 0 Å². The van der Waals surface area contributed by atoms with Gasteiger partial charge in [0.1, 0.15) is 0 Å². The van der Waals surface area contributed by atoms with Gasteiger partial charge in [0.2, 0.25) is 0 Å². The molecule has 0 aliphatic heterocycles. The quantitative estimate of drug-likeness (QED) is 0.652. The molecule has 3 N–H and O–H groups in total. The number of aryl methyl sites for hydroxylation is 2. The maximum absolute atomic E-state index is 6.22. The number of nitrogens with one attached hydrogen (secondary N) is 1. The SMILES string of the molecule is Cc1cccc(C)c1CC(Cc1ccccc1Cl)NN. The van der Waals surface area contributed by atoms with Crippen molar-refractivity contribution in [1.82, 2.24) is 5.43 Å². The van der Waals surface area contributed by atoms with Crippen LogP contribution in [-0.4, -0.2) is 6.04 Å². The Kier molecular flexibility index (Phi) is 5.18. The molecule has 0 spiro atoms. The van der Waals surface area contributed by atoms with Crippen LogP contribution in [0, 0.1) is 13.8 Å². The standard InChI is InChI=1S/C17H21ClN2/c1-12-6-5-7-13(2)16(12)11-15(20-19)10-14-8-3-4-9-17(14)18/h3-9,15,20H,10-11,19H2,1-2H3. The Morgan fingerprint density at radius 3 is 2.25 bits per heavy atom. The molecule has 1 atom stereocenters. The molecule has 2 aromatic carbocycles. The van der Waals surface area contributed by atoms with Crippen molar-refractivity contribution < 1.29 is 0 Å². The highest BCUT2D eigenvalue weighted by atomic mass is 35.5. The summed E-state index contributed by atoms with van der Waals surface area (Å²) < 4.78 is 0. The van der Waals surface area contributed by atoms with Crippen molar-refractivity contribution >= 4 is 11.6 Å². The van der Waals surface area contributed by atoms with Crippen LogP contribution in [-0.2, 0) is 12.8 Å². The third-order valence-electron chi connectivity index (χ3n) is 3.75. The van der Waals surface area contributed by atoms with E-state index in [1.54, 1.807) is 0 Å². The maximum atomic E-state index is 6.22. The van der Waals surface area contributed by atoms with E-state index in [-0.39, 0.29) is 6.04 Å². The van der Waals surface area contributed by atoms with E-state index in [4.69, 9.17) is 17.4 Å². The van der Waals surface area contributed by atoms with Crippen molar-refractivity contribution in [3.05, 3.63) is 69.7 Å². The highest BCUT2D eigenvalue weighted by molar-refractivity contribution is 6.31. The van der Waals surface area contributed by atoms with Gasteiger partial charge in [0.25, 0.3) is 0 Å². The highest BCUT2D eigenvalue weighted by Crippen LogP contribution is 2.20. The molecule has 0 aliphatic carbocycles. The number of hydrogen-bond acceptors (Lipinski definition) is 2. The molecule has 0 radical (unpaired) electrons. The molecule has 0 bridgehead atoms. The van der Waals surface area contributed by atoms with Crippen LogP contribution in [0.15, 0.2) is 42.5 Å². The minimum atomic E-state index is 0.176. The van der Waals surface area contributed by atoms with E-state index in [0.29, 0.717) is 0 Å². The van der Waals surface area contributed by atoms with Crippen LogP contribution < -0.4 is 11.3 Å². The summed E-state index contributed by atoms with van der Waals surface area (Å²) in [5.74, 6) is 5.73. The van der Waals surface area contributed by atoms with E-state index in [2.05, 4.69) is 43.5 Å². The first kappa shape index (κ1) is 15.0. The summed E-state index contributed by atoms with van der Waals surface area (Å²) in [6.07, 6.45) is 1.73. The van der Waals surface area contributed by atoms with Gasteiger partial charge in [-0.1, -0.05) is 48.0 Å². The van der Waals surface area contributed by atoms with Gasteiger partial charge in [-0.15, -0.1) is 0 Å². The van der Waals surface area contributed by atoms with Crippen LogP contribution in [0.4, 0.5) is 0 Å². The van der Waals surface area contributed by atoms with Gasteiger partial charge < -0.3 is 0 Å². The molecule has 0 aromatic heterocycles. The number of benzene rings is 2. The Morgan fingerprint density at radius 1 is 1.00 bits per heavy atom. The Morgan fingerprint density at radius 2 is 1.65 bits per heavy atom. The summed E-state index contributed by atoms with van der Waals surface area (Å²) in [6, 6.07) is 14.5. The first-order valence-electron chi connectivity index (χ1n) is 6.86. The lowest BCUT2D eigenvalue weighted by molar-refractivity contribution is 0.521. The number of hydrogen-bond donors (Lipinski definition) is 2. The lowest BCUT2D eigenvalue weighted by Crippen LogP contribution is -2.38. The largest absolute Gasteiger partial charge is 0.271 e. The fourth-order valence-electron chi connectivity index (χ4n) is 2.54. The van der Waals surface area contributed by atoms with Gasteiger partial charge in [-0.3, -0.25) is 11.3 Å². The van der Waals surface area contributed by atoms with Gasteiger partial charge in [0, 0.05) is 11.1 Å². The Hall–Kier alpha value is -1.35. The Labute approximate surface area is 125 Å². The minimum Gasteiger partial charge on any atom is -0.271 e. The summed E-state index contributed by atoms with van der Waals surface area (Å²) in [4.78, 5) is 0. The van der Waals surface area contributed by atoms with Gasteiger partial charge in [-0.25, -0.2) is 0 Å². The van der Waals surface area contributed by atoms with Crippen LogP contribution in [0.3, 0.4) is 0 Å². The average molecular weight is 289 g/mol. The lowest BCUT2D eigenvalue weighted by Gasteiger charge is -2.19. The molecular weight excluding hydrogens is 268 g/mol. The van der Waals surface area contributed by atoms with Gasteiger partial charge in [0.05, 0.1) is 0 Å². The molecule has 106 valence electrons. The minimum absolute atomic E-state index is 0.176. The van der Waals surface area contributed by atoms with Gasteiger partial charge in [0.15, 0.2) is 0 Å². The molecule has 0 heterocycles. The first-order chi connectivity index (χ1) is 9.61. The molecule has 1 unspecified atom stereocenters. The van der Waals surface area contributed by atoms with E-state index in [0.717, 1.165) is 23.4 Å². The fraction of sp³-hybridized carbons (Fsp3) is 0.294. The summed E-state index contributed by atoms with van der Waals surface area (Å²) in [7, 11) is 0.